The number of aromatic nitrogens is 3. The Morgan fingerprint density at radius 3 is 2.36 bits per heavy atom. The topological polar surface area (TPSA) is 81.4 Å². The molecule has 0 aliphatic rings. The van der Waals surface area contributed by atoms with Gasteiger partial charge in [-0.05, 0) is 67.6 Å². The summed E-state index contributed by atoms with van der Waals surface area (Å²) >= 11 is 19.5. The number of nitrogens with one attached hydrogen (secondary N) is 1. The van der Waals surface area contributed by atoms with Crippen molar-refractivity contribution in [1.29, 1.82) is 0 Å². The zero-order valence-corrected chi connectivity index (χ0v) is 22.3. The SMILES string of the molecule is COc1ccc(-c2nnc(SCC(=O)N/N=C(/C)c3ccc(Cl)cc3Cl)n2-c2ccc(Cl)cc2)cc1. The molecule has 1 aromatic heterocycles. The molecule has 4 aromatic rings. The second-order valence-corrected chi connectivity index (χ2v) is 9.71. The summed E-state index contributed by atoms with van der Waals surface area (Å²) in [4.78, 5) is 12.5. The van der Waals surface area contributed by atoms with Crippen LogP contribution < -0.4 is 10.2 Å². The highest BCUT2D eigenvalue weighted by Gasteiger charge is 2.18. The van der Waals surface area contributed by atoms with Crippen molar-refractivity contribution in [2.45, 2.75) is 12.1 Å². The molecule has 36 heavy (non-hydrogen) atoms. The highest BCUT2D eigenvalue weighted by atomic mass is 35.5. The lowest BCUT2D eigenvalue weighted by molar-refractivity contribution is -0.118. The van der Waals surface area contributed by atoms with Gasteiger partial charge in [0.2, 0.25) is 0 Å². The second kappa shape index (κ2) is 11.8. The molecule has 0 bridgehead atoms. The van der Waals surface area contributed by atoms with E-state index in [4.69, 9.17) is 39.5 Å². The molecule has 3 aromatic carbocycles. The Balaban J connectivity index is 1.53. The van der Waals surface area contributed by atoms with Gasteiger partial charge >= 0.3 is 0 Å². The molecule has 0 aliphatic heterocycles. The average molecular weight is 561 g/mol. The van der Waals surface area contributed by atoms with E-state index >= 15 is 0 Å². The van der Waals surface area contributed by atoms with Crippen LogP contribution in [0.4, 0.5) is 0 Å². The van der Waals surface area contributed by atoms with Crippen LogP contribution in [0.25, 0.3) is 17.1 Å². The summed E-state index contributed by atoms with van der Waals surface area (Å²) in [6.45, 7) is 1.75. The molecule has 1 heterocycles. The Bertz CT molecular complexity index is 1410. The maximum absolute atomic E-state index is 12.5. The van der Waals surface area contributed by atoms with Crippen LogP contribution in [0.3, 0.4) is 0 Å². The number of thioether (sulfide) groups is 1. The minimum Gasteiger partial charge on any atom is -0.497 e. The van der Waals surface area contributed by atoms with Crippen LogP contribution in [0.1, 0.15) is 12.5 Å². The van der Waals surface area contributed by atoms with Crippen LogP contribution in [-0.2, 0) is 4.79 Å². The fraction of sp³-hybridized carbons (Fsp3) is 0.120. The highest BCUT2D eigenvalue weighted by molar-refractivity contribution is 7.99. The van der Waals surface area contributed by atoms with Gasteiger partial charge in [-0.15, -0.1) is 10.2 Å². The monoisotopic (exact) mass is 559 g/mol. The molecule has 0 saturated carbocycles. The zero-order valence-electron chi connectivity index (χ0n) is 19.2. The molecule has 0 atom stereocenters. The molecule has 0 radical (unpaired) electrons. The van der Waals surface area contributed by atoms with E-state index < -0.39 is 0 Å². The molecule has 0 aliphatic carbocycles. The van der Waals surface area contributed by atoms with Crippen molar-refractivity contribution < 1.29 is 9.53 Å². The Kier molecular flexibility index (Phi) is 8.53. The largest absolute Gasteiger partial charge is 0.497 e. The lowest BCUT2D eigenvalue weighted by Crippen LogP contribution is -2.21. The van der Waals surface area contributed by atoms with Crippen molar-refractivity contribution >= 4 is 58.2 Å². The predicted octanol–water partition coefficient (Wildman–Crippen LogP) is 6.54. The van der Waals surface area contributed by atoms with Crippen LogP contribution in [0.5, 0.6) is 5.75 Å². The highest BCUT2D eigenvalue weighted by Crippen LogP contribution is 2.29. The van der Waals surface area contributed by atoms with Gasteiger partial charge in [0.05, 0.1) is 23.6 Å². The first-order valence-electron chi connectivity index (χ1n) is 10.6. The molecular formula is C25H20Cl3N5O2S. The first kappa shape index (κ1) is 26.0. The number of methoxy groups -OCH3 is 1. The number of rotatable bonds is 8. The van der Waals surface area contributed by atoms with E-state index in [2.05, 4.69) is 20.7 Å². The van der Waals surface area contributed by atoms with E-state index in [1.807, 2.05) is 41.0 Å². The van der Waals surface area contributed by atoms with Crippen molar-refractivity contribution in [2.75, 3.05) is 12.9 Å². The fourth-order valence-corrected chi connectivity index (χ4v) is 4.68. The lowest BCUT2D eigenvalue weighted by Gasteiger charge is -2.11. The molecule has 184 valence electrons. The Morgan fingerprint density at radius 1 is 1.00 bits per heavy atom. The minimum absolute atomic E-state index is 0.0689. The summed E-state index contributed by atoms with van der Waals surface area (Å²) in [6, 6.07) is 19.9. The number of hydrazone groups is 1. The molecule has 0 saturated heterocycles. The van der Waals surface area contributed by atoms with Crippen LogP contribution in [0.2, 0.25) is 15.1 Å². The van der Waals surface area contributed by atoms with Crippen molar-refractivity contribution in [3.63, 3.8) is 0 Å². The maximum Gasteiger partial charge on any atom is 0.250 e. The minimum atomic E-state index is -0.305. The van der Waals surface area contributed by atoms with Crippen molar-refractivity contribution in [1.82, 2.24) is 20.2 Å². The quantitative estimate of drug-likeness (QED) is 0.150. The van der Waals surface area contributed by atoms with Gasteiger partial charge in [0.25, 0.3) is 5.91 Å². The summed E-state index contributed by atoms with van der Waals surface area (Å²) < 4.78 is 7.13. The van der Waals surface area contributed by atoms with Gasteiger partial charge in [-0.2, -0.15) is 5.10 Å². The van der Waals surface area contributed by atoms with E-state index in [0.717, 1.165) is 17.0 Å². The normalized spacial score (nSPS) is 11.4. The summed E-state index contributed by atoms with van der Waals surface area (Å²) in [7, 11) is 1.61. The van der Waals surface area contributed by atoms with E-state index in [0.29, 0.717) is 37.3 Å². The number of hydrogen-bond donors (Lipinski definition) is 1. The van der Waals surface area contributed by atoms with Gasteiger partial charge < -0.3 is 4.74 Å². The third kappa shape index (κ3) is 6.20. The summed E-state index contributed by atoms with van der Waals surface area (Å²) in [6.07, 6.45) is 0. The molecule has 1 N–H and O–H groups in total. The van der Waals surface area contributed by atoms with E-state index in [9.17, 15) is 4.79 Å². The standard InChI is InChI=1S/C25H20Cl3N5O2S/c1-15(21-12-7-18(27)13-22(21)28)29-30-23(34)14-36-25-32-31-24(16-3-10-20(35-2)11-4-16)33(25)19-8-5-17(26)6-9-19/h3-13H,14H2,1-2H3,(H,30,34)/b29-15-. The van der Waals surface area contributed by atoms with Crippen LogP contribution in [0, 0.1) is 0 Å². The number of carbonyl (C=O) groups is 1. The van der Waals surface area contributed by atoms with Crippen molar-refractivity contribution in [2.24, 2.45) is 5.10 Å². The van der Waals surface area contributed by atoms with Gasteiger partial charge in [-0.1, -0.05) is 52.6 Å². The Hall–Kier alpha value is -3.04. The number of benzene rings is 3. The van der Waals surface area contributed by atoms with Crippen LogP contribution >= 0.6 is 46.6 Å². The fourth-order valence-electron chi connectivity index (χ4n) is 3.27. The molecule has 0 fully saturated rings. The Labute approximate surface area is 227 Å². The summed E-state index contributed by atoms with van der Waals surface area (Å²) in [5, 5.41) is 15.0. The predicted molar refractivity (Wildman–Crippen MR) is 146 cm³/mol. The summed E-state index contributed by atoms with van der Waals surface area (Å²) in [5.74, 6) is 1.12. The molecule has 4 rings (SSSR count). The summed E-state index contributed by atoms with van der Waals surface area (Å²) in [5.41, 5.74) is 5.45. The van der Waals surface area contributed by atoms with Crippen molar-refractivity contribution in [3.05, 3.63) is 87.4 Å². The number of amides is 1. The van der Waals surface area contributed by atoms with Gasteiger partial charge in [0, 0.05) is 26.9 Å². The maximum atomic E-state index is 12.5. The van der Waals surface area contributed by atoms with E-state index in [1.54, 1.807) is 44.4 Å². The lowest BCUT2D eigenvalue weighted by atomic mass is 10.1. The van der Waals surface area contributed by atoms with E-state index in [-0.39, 0.29) is 11.7 Å². The molecular weight excluding hydrogens is 541 g/mol. The van der Waals surface area contributed by atoms with Gasteiger partial charge in [-0.25, -0.2) is 5.43 Å². The smallest absolute Gasteiger partial charge is 0.250 e. The second-order valence-electron chi connectivity index (χ2n) is 7.49. The molecule has 1 amide bonds. The first-order valence-corrected chi connectivity index (χ1v) is 12.7. The van der Waals surface area contributed by atoms with Crippen molar-refractivity contribution in [3.8, 4) is 22.8 Å². The van der Waals surface area contributed by atoms with Gasteiger partial charge in [0.15, 0.2) is 11.0 Å². The third-order valence-electron chi connectivity index (χ3n) is 5.07. The number of carbonyl (C=O) groups excluding carboxylic acids is 1. The first-order chi connectivity index (χ1) is 17.4. The molecule has 0 unspecified atom stereocenters. The zero-order chi connectivity index (χ0) is 25.7. The third-order valence-corrected chi connectivity index (χ3v) is 6.80. The van der Waals surface area contributed by atoms with Crippen LogP contribution in [0.15, 0.2) is 77.0 Å². The molecule has 0 spiro atoms. The number of hydrogen-bond acceptors (Lipinski definition) is 6. The number of halogens is 3. The molecule has 7 nitrogen and oxygen atoms in total. The van der Waals surface area contributed by atoms with E-state index in [1.165, 1.54) is 11.8 Å². The molecule has 11 heteroatoms. The Morgan fingerprint density at radius 2 is 1.69 bits per heavy atom. The van der Waals surface area contributed by atoms with Gasteiger partial charge in [-0.3, -0.25) is 9.36 Å². The van der Waals surface area contributed by atoms with Crippen LogP contribution in [-0.4, -0.2) is 39.2 Å². The van der Waals surface area contributed by atoms with Gasteiger partial charge in [0.1, 0.15) is 5.75 Å². The average Bonchev–Trinajstić information content (AvgIpc) is 3.30. The number of ether oxygens (including phenoxy) is 1. The number of nitrogens with zero attached hydrogens (tertiary/aromatic N) is 4.